The zero-order valence-corrected chi connectivity index (χ0v) is 10.2. The standard InChI is InChI=1S/C15H14N2O/c1-11-14(12-7-3-2-4-8-12)18-15(17-11)13-9-5-6-10-16-13/h2-11,14H,1H3/t11-,14-/m1/s1. The van der Waals surface area contributed by atoms with Crippen LogP contribution in [-0.2, 0) is 4.74 Å². The first-order valence-electron chi connectivity index (χ1n) is 6.05. The molecule has 2 heterocycles. The lowest BCUT2D eigenvalue weighted by molar-refractivity contribution is 0.202. The topological polar surface area (TPSA) is 34.5 Å². The second-order valence-electron chi connectivity index (χ2n) is 4.34. The maximum atomic E-state index is 5.93. The summed E-state index contributed by atoms with van der Waals surface area (Å²) in [4.78, 5) is 8.82. The van der Waals surface area contributed by atoms with Crippen molar-refractivity contribution in [2.75, 3.05) is 0 Å². The zero-order chi connectivity index (χ0) is 12.4. The molecule has 90 valence electrons. The molecule has 0 saturated heterocycles. The highest BCUT2D eigenvalue weighted by Gasteiger charge is 2.29. The van der Waals surface area contributed by atoms with Crippen LogP contribution in [0.4, 0.5) is 0 Å². The summed E-state index contributed by atoms with van der Waals surface area (Å²) < 4.78 is 5.93. The van der Waals surface area contributed by atoms with Gasteiger partial charge in [0.25, 0.3) is 0 Å². The smallest absolute Gasteiger partial charge is 0.236 e. The van der Waals surface area contributed by atoms with E-state index in [1.54, 1.807) is 6.20 Å². The number of aliphatic imine (C=N–C) groups is 1. The first-order chi connectivity index (χ1) is 8.84. The predicted octanol–water partition coefficient (Wildman–Crippen LogP) is 2.99. The van der Waals surface area contributed by atoms with E-state index in [1.807, 2.05) is 36.4 Å². The van der Waals surface area contributed by atoms with Gasteiger partial charge in [-0.1, -0.05) is 36.4 Å². The van der Waals surface area contributed by atoms with Crippen molar-refractivity contribution in [1.82, 2.24) is 4.98 Å². The fourth-order valence-corrected chi connectivity index (χ4v) is 2.11. The summed E-state index contributed by atoms with van der Waals surface area (Å²) in [6.07, 6.45) is 1.74. The third-order valence-electron chi connectivity index (χ3n) is 3.01. The van der Waals surface area contributed by atoms with Crippen molar-refractivity contribution < 1.29 is 4.74 Å². The minimum Gasteiger partial charge on any atom is -0.466 e. The van der Waals surface area contributed by atoms with Crippen LogP contribution in [0.25, 0.3) is 0 Å². The Labute approximate surface area is 106 Å². The summed E-state index contributed by atoms with van der Waals surface area (Å²) in [5.41, 5.74) is 1.95. The molecule has 1 aliphatic rings. The van der Waals surface area contributed by atoms with Crippen LogP contribution >= 0.6 is 0 Å². The van der Waals surface area contributed by atoms with Crippen molar-refractivity contribution in [1.29, 1.82) is 0 Å². The number of ether oxygens (including phenoxy) is 1. The normalized spacial score (nSPS) is 22.4. The Morgan fingerprint density at radius 2 is 1.78 bits per heavy atom. The Morgan fingerprint density at radius 3 is 2.50 bits per heavy atom. The number of hydrogen-bond donors (Lipinski definition) is 0. The maximum absolute atomic E-state index is 5.93. The minimum absolute atomic E-state index is 0.0109. The monoisotopic (exact) mass is 238 g/mol. The predicted molar refractivity (Wildman–Crippen MR) is 70.5 cm³/mol. The Balaban J connectivity index is 1.85. The van der Waals surface area contributed by atoms with Gasteiger partial charge in [-0.15, -0.1) is 0 Å². The molecule has 0 bridgehead atoms. The van der Waals surface area contributed by atoms with E-state index in [2.05, 4.69) is 29.0 Å². The second kappa shape index (κ2) is 4.61. The van der Waals surface area contributed by atoms with E-state index >= 15 is 0 Å². The highest BCUT2D eigenvalue weighted by molar-refractivity contribution is 5.93. The van der Waals surface area contributed by atoms with Gasteiger partial charge in [0.15, 0.2) is 0 Å². The number of hydrogen-bond acceptors (Lipinski definition) is 3. The van der Waals surface area contributed by atoms with Crippen LogP contribution in [0.15, 0.2) is 59.7 Å². The molecule has 0 unspecified atom stereocenters. The first kappa shape index (κ1) is 11.0. The van der Waals surface area contributed by atoms with Gasteiger partial charge < -0.3 is 4.74 Å². The number of benzene rings is 1. The van der Waals surface area contributed by atoms with Crippen LogP contribution in [0.5, 0.6) is 0 Å². The average molecular weight is 238 g/mol. The molecule has 0 spiro atoms. The van der Waals surface area contributed by atoms with E-state index in [0.29, 0.717) is 5.90 Å². The van der Waals surface area contributed by atoms with Gasteiger partial charge in [0.1, 0.15) is 11.8 Å². The van der Waals surface area contributed by atoms with Gasteiger partial charge >= 0.3 is 0 Å². The van der Waals surface area contributed by atoms with Crippen molar-refractivity contribution in [3.05, 3.63) is 66.0 Å². The van der Waals surface area contributed by atoms with E-state index in [4.69, 9.17) is 4.74 Å². The molecule has 3 rings (SSSR count). The maximum Gasteiger partial charge on any atom is 0.236 e. The number of rotatable bonds is 2. The highest BCUT2D eigenvalue weighted by Crippen LogP contribution is 2.30. The van der Waals surface area contributed by atoms with E-state index in [1.165, 1.54) is 0 Å². The third kappa shape index (κ3) is 1.99. The molecule has 0 saturated carbocycles. The lowest BCUT2D eigenvalue weighted by Gasteiger charge is -2.14. The van der Waals surface area contributed by atoms with Crippen LogP contribution in [-0.4, -0.2) is 16.9 Å². The largest absolute Gasteiger partial charge is 0.466 e. The van der Waals surface area contributed by atoms with Crippen molar-refractivity contribution in [2.45, 2.75) is 19.1 Å². The lowest BCUT2D eigenvalue weighted by Crippen LogP contribution is -2.11. The van der Waals surface area contributed by atoms with Crippen LogP contribution in [0.2, 0.25) is 0 Å². The average Bonchev–Trinajstić information content (AvgIpc) is 2.83. The van der Waals surface area contributed by atoms with Gasteiger partial charge in [-0.05, 0) is 24.6 Å². The molecule has 1 aliphatic heterocycles. The van der Waals surface area contributed by atoms with E-state index in [9.17, 15) is 0 Å². The Kier molecular flexibility index (Phi) is 2.81. The van der Waals surface area contributed by atoms with Gasteiger partial charge in [-0.25, -0.2) is 4.99 Å². The fraction of sp³-hybridized carbons (Fsp3) is 0.200. The second-order valence-corrected chi connectivity index (χ2v) is 4.34. The van der Waals surface area contributed by atoms with E-state index < -0.39 is 0 Å². The Morgan fingerprint density at radius 1 is 1.00 bits per heavy atom. The van der Waals surface area contributed by atoms with Crippen LogP contribution in [0.1, 0.15) is 24.3 Å². The van der Waals surface area contributed by atoms with Crippen LogP contribution in [0, 0.1) is 0 Å². The molecule has 0 radical (unpaired) electrons. The molecule has 0 amide bonds. The summed E-state index contributed by atoms with van der Waals surface area (Å²) in [5.74, 6) is 0.636. The molecule has 0 fully saturated rings. The molecule has 0 N–H and O–H groups in total. The molecule has 2 aromatic rings. The third-order valence-corrected chi connectivity index (χ3v) is 3.01. The first-order valence-corrected chi connectivity index (χ1v) is 6.05. The highest BCUT2D eigenvalue weighted by atomic mass is 16.5. The Bertz CT molecular complexity index is 551. The van der Waals surface area contributed by atoms with Gasteiger partial charge in [-0.3, -0.25) is 4.98 Å². The Hall–Kier alpha value is -2.16. The summed E-state index contributed by atoms with van der Waals surface area (Å²) in [5, 5.41) is 0. The van der Waals surface area contributed by atoms with Crippen molar-refractivity contribution in [3.8, 4) is 0 Å². The minimum atomic E-state index is -0.0109. The van der Waals surface area contributed by atoms with Crippen molar-refractivity contribution in [2.24, 2.45) is 4.99 Å². The lowest BCUT2D eigenvalue weighted by atomic mass is 10.0. The summed E-state index contributed by atoms with van der Waals surface area (Å²) in [6.45, 7) is 2.06. The summed E-state index contributed by atoms with van der Waals surface area (Å²) in [6, 6.07) is 16.0. The van der Waals surface area contributed by atoms with Gasteiger partial charge in [0, 0.05) is 6.20 Å². The number of nitrogens with zero attached hydrogens (tertiary/aromatic N) is 2. The molecule has 0 aliphatic carbocycles. The molecule has 3 nitrogen and oxygen atoms in total. The molecule has 2 atom stereocenters. The fourth-order valence-electron chi connectivity index (χ4n) is 2.11. The quantitative estimate of drug-likeness (QED) is 0.806. The van der Waals surface area contributed by atoms with Crippen LogP contribution < -0.4 is 0 Å². The molecule has 1 aromatic carbocycles. The van der Waals surface area contributed by atoms with Crippen LogP contribution in [0.3, 0.4) is 0 Å². The SMILES string of the molecule is C[C@H]1N=C(c2ccccn2)O[C@H]1c1ccccc1. The van der Waals surface area contributed by atoms with Gasteiger partial charge in [-0.2, -0.15) is 0 Å². The molecule has 1 aromatic heterocycles. The van der Waals surface area contributed by atoms with Crippen molar-refractivity contribution >= 4 is 5.90 Å². The molecule has 18 heavy (non-hydrogen) atoms. The summed E-state index contributed by atoms with van der Waals surface area (Å²) >= 11 is 0. The number of aromatic nitrogens is 1. The molecular weight excluding hydrogens is 224 g/mol. The van der Waals surface area contributed by atoms with E-state index in [-0.39, 0.29) is 12.1 Å². The van der Waals surface area contributed by atoms with Gasteiger partial charge in [0.05, 0.1) is 6.04 Å². The molecular formula is C15H14N2O. The number of pyridine rings is 1. The van der Waals surface area contributed by atoms with E-state index in [0.717, 1.165) is 11.3 Å². The van der Waals surface area contributed by atoms with Crippen molar-refractivity contribution in [3.63, 3.8) is 0 Å². The van der Waals surface area contributed by atoms with Gasteiger partial charge in [0.2, 0.25) is 5.90 Å². The zero-order valence-electron chi connectivity index (χ0n) is 10.2. The summed E-state index contributed by atoms with van der Waals surface area (Å²) in [7, 11) is 0. The molecule has 3 heteroatoms.